The Balaban J connectivity index is 1.29. The lowest BCUT2D eigenvalue weighted by Crippen LogP contribution is -3.13. The average Bonchev–Trinajstić information content (AvgIpc) is 3.07. The summed E-state index contributed by atoms with van der Waals surface area (Å²) < 4.78 is 16.3. The third-order valence-electron chi connectivity index (χ3n) is 4.62. The van der Waals surface area contributed by atoms with E-state index in [1.54, 1.807) is 6.07 Å². The topological polar surface area (TPSA) is 52.4 Å². The van der Waals surface area contributed by atoms with Crippen LogP contribution in [0.4, 0.5) is 0 Å². The van der Waals surface area contributed by atoms with Crippen molar-refractivity contribution in [2.45, 2.75) is 19.1 Å². The van der Waals surface area contributed by atoms with Gasteiger partial charge in [0.05, 0.1) is 6.54 Å². The number of aliphatic hydroxyl groups is 1. The van der Waals surface area contributed by atoms with E-state index < -0.39 is 6.10 Å². The van der Waals surface area contributed by atoms with Crippen molar-refractivity contribution in [3.63, 3.8) is 0 Å². The molecular formula is C19H22NO4+. The molecule has 0 bridgehead atoms. The maximum Gasteiger partial charge on any atom is 0.231 e. The van der Waals surface area contributed by atoms with Gasteiger partial charge in [-0.05, 0) is 17.7 Å². The summed E-state index contributed by atoms with van der Waals surface area (Å²) in [6.07, 6.45) is 0.581. The Morgan fingerprint density at radius 3 is 2.83 bits per heavy atom. The summed E-state index contributed by atoms with van der Waals surface area (Å²) in [5, 5.41) is 10.3. The molecular weight excluding hydrogens is 306 g/mol. The molecule has 0 fully saturated rings. The van der Waals surface area contributed by atoms with Crippen LogP contribution >= 0.6 is 0 Å². The molecule has 0 saturated carbocycles. The zero-order chi connectivity index (χ0) is 16.4. The predicted octanol–water partition coefficient (Wildman–Crippen LogP) is 0.796. The molecule has 4 rings (SSSR count). The molecule has 1 unspecified atom stereocenters. The number of rotatable bonds is 5. The molecule has 0 radical (unpaired) electrons. The molecule has 0 spiro atoms. The molecule has 2 aromatic carbocycles. The maximum atomic E-state index is 10.3. The highest BCUT2D eigenvalue weighted by Gasteiger charge is 2.22. The molecule has 126 valence electrons. The second-order valence-electron chi connectivity index (χ2n) is 6.38. The van der Waals surface area contributed by atoms with Gasteiger partial charge in [-0.25, -0.2) is 0 Å². The fraction of sp³-hybridized carbons (Fsp3) is 0.368. The highest BCUT2D eigenvalue weighted by molar-refractivity contribution is 5.46. The molecule has 24 heavy (non-hydrogen) atoms. The van der Waals surface area contributed by atoms with Gasteiger partial charge in [-0.15, -0.1) is 0 Å². The van der Waals surface area contributed by atoms with Crippen LogP contribution < -0.4 is 19.1 Å². The standard InChI is InChI=1S/C19H21NO4/c21-16(11-20-8-7-14-3-1-2-4-15(14)10-20)12-22-17-5-6-18-19(9-17)24-13-23-18/h1-6,9,16,21H,7-8,10-13H2/p+1/t16-/m0/s1. The lowest BCUT2D eigenvalue weighted by Gasteiger charge is -2.27. The molecule has 5 nitrogen and oxygen atoms in total. The Morgan fingerprint density at radius 1 is 1.08 bits per heavy atom. The Kier molecular flexibility index (Phi) is 4.28. The van der Waals surface area contributed by atoms with Gasteiger partial charge < -0.3 is 24.2 Å². The number of benzene rings is 2. The number of quaternary nitrogens is 1. The Labute approximate surface area is 141 Å². The maximum absolute atomic E-state index is 10.3. The minimum absolute atomic E-state index is 0.251. The molecule has 2 aliphatic heterocycles. The second kappa shape index (κ2) is 6.71. The van der Waals surface area contributed by atoms with Crippen LogP contribution in [0, 0.1) is 0 Å². The van der Waals surface area contributed by atoms with Crippen LogP contribution in [-0.4, -0.2) is 37.7 Å². The van der Waals surface area contributed by atoms with E-state index in [0.717, 1.165) is 25.3 Å². The van der Waals surface area contributed by atoms with Crippen LogP contribution in [0.1, 0.15) is 11.1 Å². The summed E-state index contributed by atoms with van der Waals surface area (Å²) >= 11 is 0. The van der Waals surface area contributed by atoms with E-state index in [9.17, 15) is 5.11 Å². The highest BCUT2D eigenvalue weighted by Crippen LogP contribution is 2.35. The van der Waals surface area contributed by atoms with Crippen molar-refractivity contribution >= 4 is 0 Å². The van der Waals surface area contributed by atoms with Crippen LogP contribution in [0.25, 0.3) is 0 Å². The van der Waals surface area contributed by atoms with Gasteiger partial charge in [0.15, 0.2) is 11.5 Å². The first-order chi connectivity index (χ1) is 11.8. The van der Waals surface area contributed by atoms with Crippen molar-refractivity contribution < 1.29 is 24.2 Å². The molecule has 0 aliphatic carbocycles. The molecule has 5 heteroatoms. The molecule has 2 N–H and O–H groups in total. The van der Waals surface area contributed by atoms with Gasteiger partial charge in [-0.3, -0.25) is 0 Å². The molecule has 2 atom stereocenters. The number of nitrogens with one attached hydrogen (secondary N) is 1. The van der Waals surface area contributed by atoms with E-state index in [2.05, 4.69) is 24.3 Å². The summed E-state index contributed by atoms with van der Waals surface area (Å²) in [5.74, 6) is 2.12. The third kappa shape index (κ3) is 3.32. The Morgan fingerprint density at radius 2 is 1.92 bits per heavy atom. The van der Waals surface area contributed by atoms with Gasteiger partial charge in [0.25, 0.3) is 0 Å². The van der Waals surface area contributed by atoms with Gasteiger partial charge in [-0.2, -0.15) is 0 Å². The van der Waals surface area contributed by atoms with Gasteiger partial charge >= 0.3 is 0 Å². The van der Waals surface area contributed by atoms with Crippen molar-refractivity contribution in [1.29, 1.82) is 0 Å². The van der Waals surface area contributed by atoms with Crippen molar-refractivity contribution in [2.75, 3.05) is 26.5 Å². The van der Waals surface area contributed by atoms with Crippen LogP contribution in [-0.2, 0) is 13.0 Å². The van der Waals surface area contributed by atoms with Crippen LogP contribution in [0.2, 0.25) is 0 Å². The van der Waals surface area contributed by atoms with Crippen molar-refractivity contribution in [1.82, 2.24) is 0 Å². The number of hydrogen-bond acceptors (Lipinski definition) is 4. The van der Waals surface area contributed by atoms with Crippen LogP contribution in [0.15, 0.2) is 42.5 Å². The van der Waals surface area contributed by atoms with E-state index in [4.69, 9.17) is 14.2 Å². The van der Waals surface area contributed by atoms with Gasteiger partial charge in [0.2, 0.25) is 6.79 Å². The summed E-state index contributed by atoms with van der Waals surface area (Å²) in [4.78, 5) is 1.40. The zero-order valence-corrected chi connectivity index (χ0v) is 13.5. The summed E-state index contributed by atoms with van der Waals surface area (Å²) in [6.45, 7) is 3.25. The third-order valence-corrected chi connectivity index (χ3v) is 4.62. The minimum atomic E-state index is -0.490. The number of aliphatic hydroxyl groups excluding tert-OH is 1. The van der Waals surface area contributed by atoms with Crippen molar-refractivity contribution in [3.05, 3.63) is 53.6 Å². The molecule has 0 aromatic heterocycles. The lowest BCUT2D eigenvalue weighted by atomic mass is 10.00. The number of fused-ring (bicyclic) bond motifs is 2. The average molecular weight is 328 g/mol. The molecule has 0 amide bonds. The van der Waals surface area contributed by atoms with E-state index in [0.29, 0.717) is 18.0 Å². The van der Waals surface area contributed by atoms with E-state index in [1.807, 2.05) is 12.1 Å². The molecule has 2 heterocycles. The Hall–Kier alpha value is -2.24. The van der Waals surface area contributed by atoms with Crippen LogP contribution in [0.3, 0.4) is 0 Å². The van der Waals surface area contributed by atoms with Gasteiger partial charge in [-0.1, -0.05) is 24.3 Å². The van der Waals surface area contributed by atoms with Gasteiger partial charge in [0.1, 0.15) is 31.5 Å². The van der Waals surface area contributed by atoms with Gasteiger partial charge in [0, 0.05) is 18.1 Å². The first kappa shape index (κ1) is 15.3. The quantitative estimate of drug-likeness (QED) is 0.852. The van der Waals surface area contributed by atoms with Crippen LogP contribution in [0.5, 0.6) is 17.2 Å². The fourth-order valence-electron chi connectivity index (χ4n) is 3.37. The zero-order valence-electron chi connectivity index (χ0n) is 13.5. The van der Waals surface area contributed by atoms with Crippen molar-refractivity contribution in [3.8, 4) is 17.2 Å². The first-order valence-electron chi connectivity index (χ1n) is 8.39. The SMILES string of the molecule is O[C@H](COc1ccc2c(c1)OCO2)C[NH+]1CCc2ccccc2C1. The van der Waals surface area contributed by atoms with E-state index in [1.165, 1.54) is 16.0 Å². The first-order valence-corrected chi connectivity index (χ1v) is 8.39. The highest BCUT2D eigenvalue weighted by atomic mass is 16.7. The Bertz CT molecular complexity index is 718. The van der Waals surface area contributed by atoms with E-state index >= 15 is 0 Å². The smallest absolute Gasteiger partial charge is 0.231 e. The fourth-order valence-corrected chi connectivity index (χ4v) is 3.37. The van der Waals surface area contributed by atoms with Crippen molar-refractivity contribution in [2.24, 2.45) is 0 Å². The minimum Gasteiger partial charge on any atom is -0.491 e. The number of hydrogen-bond donors (Lipinski definition) is 2. The summed E-state index contributed by atoms with van der Waals surface area (Å²) in [6, 6.07) is 14.0. The summed E-state index contributed by atoms with van der Waals surface area (Å²) in [5.41, 5.74) is 2.83. The largest absolute Gasteiger partial charge is 0.491 e. The predicted molar refractivity (Wildman–Crippen MR) is 88.6 cm³/mol. The molecule has 2 aromatic rings. The second-order valence-corrected chi connectivity index (χ2v) is 6.38. The molecule has 2 aliphatic rings. The number of ether oxygens (including phenoxy) is 3. The lowest BCUT2D eigenvalue weighted by molar-refractivity contribution is -0.918. The summed E-state index contributed by atoms with van der Waals surface area (Å²) in [7, 11) is 0. The normalized spacial score (nSPS) is 19.6. The molecule has 0 saturated heterocycles. The van der Waals surface area contributed by atoms with E-state index in [-0.39, 0.29) is 13.4 Å². The monoisotopic (exact) mass is 328 g/mol.